The summed E-state index contributed by atoms with van der Waals surface area (Å²) in [5, 5.41) is 21.6. The van der Waals surface area contributed by atoms with Gasteiger partial charge in [-0.25, -0.2) is 0 Å². The minimum absolute atomic E-state index is 0.113. The van der Waals surface area contributed by atoms with E-state index >= 15 is 0 Å². The summed E-state index contributed by atoms with van der Waals surface area (Å²) < 4.78 is 0. The van der Waals surface area contributed by atoms with Crippen LogP contribution in [-0.4, -0.2) is 28.5 Å². The molecule has 1 heterocycles. The van der Waals surface area contributed by atoms with E-state index in [1.165, 1.54) is 13.0 Å². The second kappa shape index (κ2) is 6.41. The molecule has 0 spiro atoms. The number of β-amino-alcohol motifs (C(OH)–C–C–N with tert-alkyl or cyclic N) is 1. The summed E-state index contributed by atoms with van der Waals surface area (Å²) in [7, 11) is 0. The molecule has 3 rings (SSSR count). The summed E-state index contributed by atoms with van der Waals surface area (Å²) in [6, 6.07) is 14.0. The fourth-order valence-corrected chi connectivity index (χ4v) is 3.20. The fraction of sp³-hybridized carbons (Fsp3) is 0.278. The van der Waals surface area contributed by atoms with Gasteiger partial charge in [0.25, 0.3) is 5.69 Å². The van der Waals surface area contributed by atoms with Crippen molar-refractivity contribution in [1.82, 2.24) is 0 Å². The highest BCUT2D eigenvalue weighted by Gasteiger charge is 2.35. The Bertz CT molecular complexity index is 776. The third-order valence-corrected chi connectivity index (χ3v) is 4.35. The van der Waals surface area contributed by atoms with Crippen LogP contribution in [0.25, 0.3) is 0 Å². The van der Waals surface area contributed by atoms with Crippen molar-refractivity contribution >= 4 is 17.2 Å². The number of rotatable bonds is 4. The van der Waals surface area contributed by atoms with E-state index in [9.17, 15) is 20.0 Å². The molecule has 2 aromatic carbocycles. The fourth-order valence-electron chi connectivity index (χ4n) is 3.20. The molecule has 0 bridgehead atoms. The molecule has 2 atom stereocenters. The monoisotopic (exact) mass is 326 g/mol. The maximum Gasteiger partial charge on any atom is 0.293 e. The van der Waals surface area contributed by atoms with Crippen LogP contribution in [0.5, 0.6) is 0 Å². The molecule has 6 heteroatoms. The maximum absolute atomic E-state index is 11.5. The van der Waals surface area contributed by atoms with Gasteiger partial charge < -0.3 is 10.0 Å². The predicted molar refractivity (Wildman–Crippen MR) is 90.3 cm³/mol. The van der Waals surface area contributed by atoms with Gasteiger partial charge in [0.1, 0.15) is 5.69 Å². The molecular weight excluding hydrogens is 308 g/mol. The Labute approximate surface area is 139 Å². The van der Waals surface area contributed by atoms with Gasteiger partial charge in [0.2, 0.25) is 0 Å². The third-order valence-electron chi connectivity index (χ3n) is 4.35. The molecule has 2 aromatic rings. The van der Waals surface area contributed by atoms with Crippen LogP contribution >= 0.6 is 0 Å². The number of aliphatic hydroxyl groups is 1. The average Bonchev–Trinajstić information content (AvgIpc) is 2.96. The van der Waals surface area contributed by atoms with E-state index in [0.29, 0.717) is 24.2 Å². The summed E-state index contributed by atoms with van der Waals surface area (Å²) in [6.45, 7) is 1.70. The van der Waals surface area contributed by atoms with Crippen molar-refractivity contribution in [3.8, 4) is 0 Å². The number of carbonyl (C=O) groups excluding carboxylic acids is 1. The van der Waals surface area contributed by atoms with Gasteiger partial charge in [-0.05, 0) is 31.0 Å². The van der Waals surface area contributed by atoms with E-state index in [-0.39, 0.29) is 17.5 Å². The highest BCUT2D eigenvalue weighted by atomic mass is 16.6. The molecule has 0 saturated carbocycles. The molecule has 1 saturated heterocycles. The zero-order valence-corrected chi connectivity index (χ0v) is 13.3. The second-order valence-corrected chi connectivity index (χ2v) is 5.99. The highest BCUT2D eigenvalue weighted by molar-refractivity contribution is 5.95. The Hall–Kier alpha value is -2.73. The van der Waals surface area contributed by atoms with Gasteiger partial charge in [0.15, 0.2) is 5.78 Å². The number of benzene rings is 2. The van der Waals surface area contributed by atoms with E-state index in [1.54, 1.807) is 12.1 Å². The van der Waals surface area contributed by atoms with Crippen molar-refractivity contribution in [2.75, 3.05) is 11.4 Å². The van der Waals surface area contributed by atoms with Crippen molar-refractivity contribution in [2.24, 2.45) is 0 Å². The van der Waals surface area contributed by atoms with Crippen LogP contribution < -0.4 is 4.90 Å². The number of hydrogen-bond acceptors (Lipinski definition) is 5. The van der Waals surface area contributed by atoms with E-state index in [0.717, 1.165) is 5.56 Å². The van der Waals surface area contributed by atoms with Gasteiger partial charge >= 0.3 is 0 Å². The quantitative estimate of drug-likeness (QED) is 0.530. The smallest absolute Gasteiger partial charge is 0.293 e. The van der Waals surface area contributed by atoms with Crippen LogP contribution in [0.1, 0.15) is 35.3 Å². The first-order valence-corrected chi connectivity index (χ1v) is 7.76. The number of Topliss-reactive ketones (excluding diaryl/α,β-unsaturated/α-hetero) is 1. The molecule has 124 valence electrons. The first kappa shape index (κ1) is 16.1. The van der Waals surface area contributed by atoms with Gasteiger partial charge in [0, 0.05) is 18.2 Å². The Morgan fingerprint density at radius 1 is 1.25 bits per heavy atom. The van der Waals surface area contributed by atoms with Gasteiger partial charge in [0.05, 0.1) is 17.1 Å². The zero-order chi connectivity index (χ0) is 17.3. The minimum Gasteiger partial charge on any atom is -0.391 e. The van der Waals surface area contributed by atoms with Gasteiger partial charge in [-0.1, -0.05) is 30.3 Å². The van der Waals surface area contributed by atoms with Crippen LogP contribution in [0.3, 0.4) is 0 Å². The largest absolute Gasteiger partial charge is 0.391 e. The summed E-state index contributed by atoms with van der Waals surface area (Å²) in [4.78, 5) is 24.4. The normalized spacial score (nSPS) is 20.2. The molecule has 1 fully saturated rings. The number of nitro groups is 1. The van der Waals surface area contributed by atoms with Crippen molar-refractivity contribution in [3.63, 3.8) is 0 Å². The highest BCUT2D eigenvalue weighted by Crippen LogP contribution is 2.40. The van der Waals surface area contributed by atoms with Crippen molar-refractivity contribution in [1.29, 1.82) is 0 Å². The molecular formula is C18H18N2O4. The number of hydrogen-bond donors (Lipinski definition) is 1. The van der Waals surface area contributed by atoms with Crippen LogP contribution in [0.4, 0.5) is 11.4 Å². The lowest BCUT2D eigenvalue weighted by atomic mass is 10.0. The van der Waals surface area contributed by atoms with Crippen molar-refractivity contribution < 1.29 is 14.8 Å². The molecule has 6 nitrogen and oxygen atoms in total. The standard InChI is InChI=1S/C18H18N2O4/c1-12(21)14-7-8-16(18(9-14)20(23)24)19-11-15(22)10-17(19)13-5-3-2-4-6-13/h2-9,15,17,22H,10-11H2,1H3/t15-,17+/m0/s1. The van der Waals surface area contributed by atoms with Crippen molar-refractivity contribution in [3.05, 3.63) is 69.8 Å². The van der Waals surface area contributed by atoms with Crippen LogP contribution in [0, 0.1) is 10.1 Å². The first-order valence-electron chi connectivity index (χ1n) is 7.76. The molecule has 0 aromatic heterocycles. The molecule has 0 aliphatic carbocycles. The van der Waals surface area contributed by atoms with E-state index in [2.05, 4.69) is 0 Å². The summed E-state index contributed by atoms with van der Waals surface area (Å²) >= 11 is 0. The third kappa shape index (κ3) is 3.00. The Balaban J connectivity index is 2.06. The molecule has 0 unspecified atom stereocenters. The number of nitro benzene ring substituents is 1. The van der Waals surface area contributed by atoms with Crippen LogP contribution in [0.15, 0.2) is 48.5 Å². The molecule has 1 aliphatic heterocycles. The molecule has 1 N–H and O–H groups in total. The van der Waals surface area contributed by atoms with Gasteiger partial charge in [-0.3, -0.25) is 14.9 Å². The Morgan fingerprint density at radius 3 is 2.58 bits per heavy atom. The predicted octanol–water partition coefficient (Wildman–Crippen LogP) is 3.11. The van der Waals surface area contributed by atoms with Crippen LogP contribution in [-0.2, 0) is 0 Å². The number of nitrogens with zero attached hydrogens (tertiary/aromatic N) is 2. The number of ketones is 1. The molecule has 1 aliphatic rings. The topological polar surface area (TPSA) is 83.7 Å². The first-order chi connectivity index (χ1) is 11.5. The van der Waals surface area contributed by atoms with E-state index < -0.39 is 11.0 Å². The number of aliphatic hydroxyl groups excluding tert-OH is 1. The van der Waals surface area contributed by atoms with E-state index in [4.69, 9.17) is 0 Å². The summed E-state index contributed by atoms with van der Waals surface area (Å²) in [5.74, 6) is -0.217. The summed E-state index contributed by atoms with van der Waals surface area (Å²) in [5.41, 5.74) is 1.62. The second-order valence-electron chi connectivity index (χ2n) is 5.99. The molecule has 0 amide bonds. The number of carbonyl (C=O) groups is 1. The number of anilines is 1. The minimum atomic E-state index is -0.553. The van der Waals surface area contributed by atoms with Gasteiger partial charge in [-0.15, -0.1) is 0 Å². The van der Waals surface area contributed by atoms with Crippen LogP contribution in [0.2, 0.25) is 0 Å². The maximum atomic E-state index is 11.5. The van der Waals surface area contributed by atoms with Gasteiger partial charge in [-0.2, -0.15) is 0 Å². The SMILES string of the molecule is CC(=O)c1ccc(N2C[C@@H](O)C[C@@H]2c2ccccc2)c([N+](=O)[O-])c1. The molecule has 24 heavy (non-hydrogen) atoms. The average molecular weight is 326 g/mol. The lowest BCUT2D eigenvalue weighted by molar-refractivity contribution is -0.384. The lowest BCUT2D eigenvalue weighted by Gasteiger charge is -2.26. The van der Waals surface area contributed by atoms with E-state index in [1.807, 2.05) is 35.2 Å². The zero-order valence-electron chi connectivity index (χ0n) is 13.3. The molecule has 0 radical (unpaired) electrons. The Kier molecular flexibility index (Phi) is 4.31. The Morgan fingerprint density at radius 2 is 1.96 bits per heavy atom. The summed E-state index contributed by atoms with van der Waals surface area (Å²) in [6.07, 6.45) is -0.0439. The van der Waals surface area contributed by atoms with Crippen molar-refractivity contribution in [2.45, 2.75) is 25.5 Å². The lowest BCUT2D eigenvalue weighted by Crippen LogP contribution is -2.25.